The molecule has 1 aromatic rings. The molecule has 86 valence electrons. The van der Waals surface area contributed by atoms with Crippen LogP contribution in [0.3, 0.4) is 0 Å². The highest BCUT2D eigenvalue weighted by Crippen LogP contribution is 2.17. The standard InChI is InChI=1S/C12H17N3O/c1-15(2)10-5-3-9(4-6-10)12-13-8-7-11(16)14-12/h3-6,12-13H,7-8H2,1-2H3,(H,14,16)/t12-/m0/s1. The molecule has 1 saturated heterocycles. The Morgan fingerprint density at radius 2 is 1.94 bits per heavy atom. The quantitative estimate of drug-likeness (QED) is 0.775. The van der Waals surface area contributed by atoms with Crippen molar-refractivity contribution in [1.29, 1.82) is 0 Å². The van der Waals surface area contributed by atoms with E-state index in [9.17, 15) is 4.79 Å². The van der Waals surface area contributed by atoms with Gasteiger partial charge in [-0.05, 0) is 17.7 Å². The van der Waals surface area contributed by atoms with E-state index in [4.69, 9.17) is 0 Å². The zero-order valence-corrected chi connectivity index (χ0v) is 9.66. The first-order valence-corrected chi connectivity index (χ1v) is 5.47. The maximum atomic E-state index is 11.3. The maximum absolute atomic E-state index is 11.3. The third kappa shape index (κ3) is 2.33. The molecule has 0 bridgehead atoms. The van der Waals surface area contributed by atoms with E-state index in [-0.39, 0.29) is 12.1 Å². The lowest BCUT2D eigenvalue weighted by atomic mass is 10.1. The van der Waals surface area contributed by atoms with Crippen LogP contribution in [0.2, 0.25) is 0 Å². The highest BCUT2D eigenvalue weighted by atomic mass is 16.1. The topological polar surface area (TPSA) is 44.4 Å². The summed E-state index contributed by atoms with van der Waals surface area (Å²) in [6.45, 7) is 0.742. The number of amides is 1. The van der Waals surface area contributed by atoms with Crippen molar-refractivity contribution in [2.24, 2.45) is 0 Å². The van der Waals surface area contributed by atoms with Gasteiger partial charge in [0.2, 0.25) is 5.91 Å². The van der Waals surface area contributed by atoms with Crippen molar-refractivity contribution >= 4 is 11.6 Å². The first-order chi connectivity index (χ1) is 7.66. The van der Waals surface area contributed by atoms with Crippen molar-refractivity contribution in [1.82, 2.24) is 10.6 Å². The molecular weight excluding hydrogens is 202 g/mol. The van der Waals surface area contributed by atoms with Gasteiger partial charge in [0, 0.05) is 32.7 Å². The van der Waals surface area contributed by atoms with Gasteiger partial charge in [0.15, 0.2) is 0 Å². The molecule has 0 radical (unpaired) electrons. The molecule has 2 N–H and O–H groups in total. The van der Waals surface area contributed by atoms with E-state index in [1.807, 2.05) is 26.2 Å². The van der Waals surface area contributed by atoms with Crippen LogP contribution in [0.25, 0.3) is 0 Å². The van der Waals surface area contributed by atoms with E-state index < -0.39 is 0 Å². The van der Waals surface area contributed by atoms with E-state index in [1.54, 1.807) is 0 Å². The number of nitrogens with zero attached hydrogens (tertiary/aromatic N) is 1. The number of carbonyl (C=O) groups excluding carboxylic acids is 1. The van der Waals surface area contributed by atoms with Crippen LogP contribution >= 0.6 is 0 Å². The minimum Gasteiger partial charge on any atom is -0.378 e. The number of rotatable bonds is 2. The minimum atomic E-state index is -0.0440. The van der Waals surface area contributed by atoms with Crippen LogP contribution in [-0.2, 0) is 4.79 Å². The fourth-order valence-corrected chi connectivity index (χ4v) is 1.78. The van der Waals surface area contributed by atoms with Crippen LogP contribution in [0.5, 0.6) is 0 Å². The third-order valence-electron chi connectivity index (χ3n) is 2.75. The van der Waals surface area contributed by atoms with Crippen molar-refractivity contribution < 1.29 is 4.79 Å². The molecule has 0 saturated carbocycles. The Morgan fingerprint density at radius 1 is 1.25 bits per heavy atom. The Kier molecular flexibility index (Phi) is 3.10. The number of hydrogen-bond donors (Lipinski definition) is 2. The lowest BCUT2D eigenvalue weighted by Gasteiger charge is -2.25. The summed E-state index contributed by atoms with van der Waals surface area (Å²) in [6, 6.07) is 8.19. The van der Waals surface area contributed by atoms with Gasteiger partial charge in [-0.3, -0.25) is 10.1 Å². The highest BCUT2D eigenvalue weighted by Gasteiger charge is 2.18. The molecule has 0 aliphatic carbocycles. The first-order valence-electron chi connectivity index (χ1n) is 5.47. The van der Waals surface area contributed by atoms with Crippen molar-refractivity contribution in [3.8, 4) is 0 Å². The number of benzene rings is 1. The average Bonchev–Trinajstić information content (AvgIpc) is 2.29. The Balaban J connectivity index is 2.11. The minimum absolute atomic E-state index is 0.0440. The van der Waals surface area contributed by atoms with E-state index in [0.29, 0.717) is 6.42 Å². The highest BCUT2D eigenvalue weighted by molar-refractivity contribution is 5.77. The van der Waals surface area contributed by atoms with Crippen LogP contribution in [-0.4, -0.2) is 26.5 Å². The van der Waals surface area contributed by atoms with Crippen molar-refractivity contribution in [2.75, 3.05) is 25.5 Å². The molecule has 1 heterocycles. The second kappa shape index (κ2) is 4.53. The summed E-state index contributed by atoms with van der Waals surface area (Å²) in [5, 5.41) is 6.19. The van der Waals surface area contributed by atoms with Gasteiger partial charge in [-0.2, -0.15) is 0 Å². The van der Waals surface area contributed by atoms with E-state index in [0.717, 1.165) is 17.8 Å². The predicted octanol–water partition coefficient (Wildman–Crippen LogP) is 0.861. The Hall–Kier alpha value is -1.55. The fourth-order valence-electron chi connectivity index (χ4n) is 1.78. The van der Waals surface area contributed by atoms with Gasteiger partial charge in [-0.1, -0.05) is 12.1 Å². The molecule has 1 atom stereocenters. The molecule has 1 amide bonds. The predicted molar refractivity (Wildman–Crippen MR) is 64.3 cm³/mol. The van der Waals surface area contributed by atoms with E-state index in [1.165, 1.54) is 0 Å². The van der Waals surface area contributed by atoms with Crippen molar-refractivity contribution in [2.45, 2.75) is 12.6 Å². The first kappa shape index (κ1) is 11.0. The third-order valence-corrected chi connectivity index (χ3v) is 2.75. The van der Waals surface area contributed by atoms with Gasteiger partial charge in [0.05, 0.1) is 0 Å². The van der Waals surface area contributed by atoms with Crippen LogP contribution in [0, 0.1) is 0 Å². The lowest BCUT2D eigenvalue weighted by molar-refractivity contribution is -0.123. The van der Waals surface area contributed by atoms with Crippen molar-refractivity contribution in [3.05, 3.63) is 29.8 Å². The van der Waals surface area contributed by atoms with Crippen LogP contribution in [0.15, 0.2) is 24.3 Å². The summed E-state index contributed by atoms with van der Waals surface area (Å²) in [7, 11) is 4.02. The number of nitrogens with one attached hydrogen (secondary N) is 2. The molecule has 4 nitrogen and oxygen atoms in total. The van der Waals surface area contributed by atoms with Gasteiger partial charge in [-0.15, -0.1) is 0 Å². The molecule has 1 fully saturated rings. The smallest absolute Gasteiger partial charge is 0.222 e. The molecule has 2 rings (SSSR count). The van der Waals surface area contributed by atoms with E-state index >= 15 is 0 Å². The summed E-state index contributed by atoms with van der Waals surface area (Å²) < 4.78 is 0. The number of hydrogen-bond acceptors (Lipinski definition) is 3. The Morgan fingerprint density at radius 3 is 2.50 bits per heavy atom. The van der Waals surface area contributed by atoms with Crippen LogP contribution in [0.1, 0.15) is 18.2 Å². The number of anilines is 1. The molecule has 1 aromatic carbocycles. The van der Waals surface area contributed by atoms with Crippen LogP contribution < -0.4 is 15.5 Å². The van der Waals surface area contributed by atoms with Gasteiger partial charge < -0.3 is 10.2 Å². The molecule has 1 aliphatic heterocycles. The molecule has 1 aliphatic rings. The summed E-state index contributed by atoms with van der Waals surface area (Å²) >= 11 is 0. The second-order valence-electron chi connectivity index (χ2n) is 4.19. The maximum Gasteiger partial charge on any atom is 0.222 e. The largest absolute Gasteiger partial charge is 0.378 e. The van der Waals surface area contributed by atoms with Gasteiger partial charge in [-0.25, -0.2) is 0 Å². The second-order valence-corrected chi connectivity index (χ2v) is 4.19. The molecular formula is C12H17N3O. The Labute approximate surface area is 95.6 Å². The zero-order valence-electron chi connectivity index (χ0n) is 9.66. The molecule has 0 aromatic heterocycles. The normalized spacial score (nSPS) is 20.4. The average molecular weight is 219 g/mol. The molecule has 4 heteroatoms. The zero-order chi connectivity index (χ0) is 11.5. The summed E-state index contributed by atoms with van der Waals surface area (Å²) in [4.78, 5) is 13.3. The fraction of sp³-hybridized carbons (Fsp3) is 0.417. The molecule has 16 heavy (non-hydrogen) atoms. The van der Waals surface area contributed by atoms with E-state index in [2.05, 4.69) is 27.7 Å². The number of carbonyl (C=O) groups is 1. The van der Waals surface area contributed by atoms with Gasteiger partial charge in [0.25, 0.3) is 0 Å². The molecule has 0 spiro atoms. The van der Waals surface area contributed by atoms with Crippen molar-refractivity contribution in [3.63, 3.8) is 0 Å². The summed E-state index contributed by atoms with van der Waals surface area (Å²) in [6.07, 6.45) is 0.518. The summed E-state index contributed by atoms with van der Waals surface area (Å²) in [5.74, 6) is 0.112. The van der Waals surface area contributed by atoms with Crippen LogP contribution in [0.4, 0.5) is 5.69 Å². The van der Waals surface area contributed by atoms with Gasteiger partial charge >= 0.3 is 0 Å². The SMILES string of the molecule is CN(C)c1ccc([C@H]2NCCC(=O)N2)cc1. The molecule has 0 unspecified atom stereocenters. The van der Waals surface area contributed by atoms with Gasteiger partial charge in [0.1, 0.15) is 6.17 Å². The monoisotopic (exact) mass is 219 g/mol. The Bertz CT molecular complexity index is 372. The summed E-state index contributed by atoms with van der Waals surface area (Å²) in [5.41, 5.74) is 2.25. The lowest BCUT2D eigenvalue weighted by Crippen LogP contribution is -2.44.